The molecule has 1 aromatic carbocycles. The number of rotatable bonds is 3. The van der Waals surface area contributed by atoms with Crippen LogP contribution in [0.15, 0.2) is 51.7 Å². The van der Waals surface area contributed by atoms with Crippen molar-refractivity contribution in [3.05, 3.63) is 47.2 Å². The molecule has 2 heterocycles. The van der Waals surface area contributed by atoms with Gasteiger partial charge in [0.1, 0.15) is 5.75 Å². The van der Waals surface area contributed by atoms with E-state index >= 15 is 0 Å². The average Bonchev–Trinajstić information content (AvgIpc) is 2.98. The first-order valence-electron chi connectivity index (χ1n) is 5.86. The van der Waals surface area contributed by atoms with Crippen LogP contribution in [0.25, 0.3) is 22.8 Å². The standard InChI is InChI=1S/C14H10BrN3O2/c1-19-12-3-2-10(8-11(12)15)13-17-14(20-18-13)9-4-6-16-7-5-9/h2-8H,1H3. The zero-order valence-corrected chi connectivity index (χ0v) is 12.2. The molecule has 0 bridgehead atoms. The number of ether oxygens (including phenoxy) is 1. The van der Waals surface area contributed by atoms with Gasteiger partial charge in [0.05, 0.1) is 11.6 Å². The van der Waals surface area contributed by atoms with Gasteiger partial charge in [-0.3, -0.25) is 4.98 Å². The molecule has 6 heteroatoms. The van der Waals surface area contributed by atoms with Gasteiger partial charge < -0.3 is 9.26 Å². The number of nitrogens with zero attached hydrogens (tertiary/aromatic N) is 3. The highest BCUT2D eigenvalue weighted by molar-refractivity contribution is 9.10. The number of hydrogen-bond donors (Lipinski definition) is 0. The molecule has 5 nitrogen and oxygen atoms in total. The third-order valence-corrected chi connectivity index (χ3v) is 3.38. The number of hydrogen-bond acceptors (Lipinski definition) is 5. The number of halogens is 1. The molecular weight excluding hydrogens is 322 g/mol. The molecule has 0 N–H and O–H groups in total. The van der Waals surface area contributed by atoms with Gasteiger partial charge in [-0.2, -0.15) is 4.98 Å². The summed E-state index contributed by atoms with van der Waals surface area (Å²) < 4.78 is 11.3. The lowest BCUT2D eigenvalue weighted by Gasteiger charge is -2.03. The summed E-state index contributed by atoms with van der Waals surface area (Å²) in [5.74, 6) is 1.75. The van der Waals surface area contributed by atoms with Gasteiger partial charge in [-0.15, -0.1) is 0 Å². The van der Waals surface area contributed by atoms with Crippen LogP contribution >= 0.6 is 15.9 Å². The van der Waals surface area contributed by atoms with E-state index in [1.165, 1.54) is 0 Å². The van der Waals surface area contributed by atoms with E-state index < -0.39 is 0 Å². The minimum atomic E-state index is 0.467. The van der Waals surface area contributed by atoms with Crippen LogP contribution in [-0.2, 0) is 0 Å². The maximum Gasteiger partial charge on any atom is 0.258 e. The van der Waals surface area contributed by atoms with E-state index in [0.29, 0.717) is 11.7 Å². The van der Waals surface area contributed by atoms with Crippen LogP contribution in [-0.4, -0.2) is 22.2 Å². The first kappa shape index (κ1) is 12.8. The van der Waals surface area contributed by atoms with Crippen LogP contribution in [0.3, 0.4) is 0 Å². The maximum atomic E-state index is 5.27. The van der Waals surface area contributed by atoms with Crippen LogP contribution in [0.2, 0.25) is 0 Å². The Morgan fingerprint density at radius 2 is 1.90 bits per heavy atom. The smallest absolute Gasteiger partial charge is 0.258 e. The Kier molecular flexibility index (Phi) is 3.47. The molecule has 0 saturated heterocycles. The van der Waals surface area contributed by atoms with Crippen molar-refractivity contribution in [2.75, 3.05) is 7.11 Å². The Bertz CT molecular complexity index is 728. The van der Waals surface area contributed by atoms with Crippen molar-refractivity contribution in [2.45, 2.75) is 0 Å². The molecule has 2 aromatic heterocycles. The minimum absolute atomic E-state index is 0.467. The average molecular weight is 332 g/mol. The summed E-state index contributed by atoms with van der Waals surface area (Å²) in [4.78, 5) is 8.34. The number of methoxy groups -OCH3 is 1. The van der Waals surface area contributed by atoms with E-state index in [9.17, 15) is 0 Å². The van der Waals surface area contributed by atoms with Crippen LogP contribution < -0.4 is 4.74 Å². The predicted molar refractivity (Wildman–Crippen MR) is 77.2 cm³/mol. The molecule has 3 aromatic rings. The SMILES string of the molecule is COc1ccc(-c2noc(-c3ccncc3)n2)cc1Br. The third kappa shape index (κ3) is 2.42. The summed E-state index contributed by atoms with van der Waals surface area (Å²) in [5.41, 5.74) is 1.69. The minimum Gasteiger partial charge on any atom is -0.496 e. The molecule has 0 fully saturated rings. The molecule has 0 amide bonds. The molecule has 0 aliphatic rings. The van der Waals surface area contributed by atoms with Gasteiger partial charge in [-0.05, 0) is 46.3 Å². The van der Waals surface area contributed by atoms with Crippen molar-refractivity contribution in [1.82, 2.24) is 15.1 Å². The van der Waals surface area contributed by atoms with Gasteiger partial charge >= 0.3 is 0 Å². The number of benzene rings is 1. The van der Waals surface area contributed by atoms with E-state index in [4.69, 9.17) is 9.26 Å². The topological polar surface area (TPSA) is 61.0 Å². The summed E-state index contributed by atoms with van der Waals surface area (Å²) in [6.07, 6.45) is 3.37. The van der Waals surface area contributed by atoms with Gasteiger partial charge in [0.25, 0.3) is 5.89 Å². The van der Waals surface area contributed by atoms with Gasteiger partial charge in [0, 0.05) is 23.5 Å². The fourth-order valence-electron chi connectivity index (χ4n) is 1.76. The third-order valence-electron chi connectivity index (χ3n) is 2.76. The van der Waals surface area contributed by atoms with Gasteiger partial charge in [-0.1, -0.05) is 5.16 Å². The second-order valence-corrected chi connectivity index (χ2v) is 4.86. The molecule has 0 spiro atoms. The quantitative estimate of drug-likeness (QED) is 0.734. The molecule has 20 heavy (non-hydrogen) atoms. The zero-order chi connectivity index (χ0) is 13.9. The number of aromatic nitrogens is 3. The summed E-state index contributed by atoms with van der Waals surface area (Å²) >= 11 is 3.44. The lowest BCUT2D eigenvalue weighted by molar-refractivity contribution is 0.412. The first-order chi connectivity index (χ1) is 9.78. The van der Waals surface area contributed by atoms with E-state index in [-0.39, 0.29) is 0 Å². The van der Waals surface area contributed by atoms with Crippen molar-refractivity contribution in [3.63, 3.8) is 0 Å². The molecule has 3 rings (SSSR count). The molecule has 0 unspecified atom stereocenters. The predicted octanol–water partition coefficient (Wildman–Crippen LogP) is 3.57. The van der Waals surface area contributed by atoms with Crippen molar-refractivity contribution < 1.29 is 9.26 Å². The van der Waals surface area contributed by atoms with E-state index in [2.05, 4.69) is 31.1 Å². The Morgan fingerprint density at radius 1 is 1.10 bits per heavy atom. The van der Waals surface area contributed by atoms with Gasteiger partial charge in [0.2, 0.25) is 5.82 Å². The highest BCUT2D eigenvalue weighted by Crippen LogP contribution is 2.30. The second-order valence-electron chi connectivity index (χ2n) is 4.01. The summed E-state index contributed by atoms with van der Waals surface area (Å²) in [7, 11) is 1.62. The molecule has 0 aliphatic heterocycles. The van der Waals surface area contributed by atoms with Gasteiger partial charge in [0.15, 0.2) is 0 Å². The highest BCUT2D eigenvalue weighted by Gasteiger charge is 2.11. The van der Waals surface area contributed by atoms with Crippen molar-refractivity contribution in [2.24, 2.45) is 0 Å². The van der Waals surface area contributed by atoms with Crippen molar-refractivity contribution in [1.29, 1.82) is 0 Å². The Labute approximate surface area is 123 Å². The molecule has 0 saturated carbocycles. The lowest BCUT2D eigenvalue weighted by Crippen LogP contribution is -1.86. The highest BCUT2D eigenvalue weighted by atomic mass is 79.9. The normalized spacial score (nSPS) is 10.5. The van der Waals surface area contributed by atoms with E-state index in [1.54, 1.807) is 19.5 Å². The Hall–Kier alpha value is -2.21. The fourth-order valence-corrected chi connectivity index (χ4v) is 2.30. The summed E-state index contributed by atoms with van der Waals surface area (Å²) in [5, 5.41) is 3.99. The zero-order valence-electron chi connectivity index (χ0n) is 10.6. The lowest BCUT2D eigenvalue weighted by atomic mass is 10.2. The molecule has 0 aliphatic carbocycles. The molecule has 100 valence electrons. The number of pyridine rings is 1. The van der Waals surface area contributed by atoms with Crippen LogP contribution in [0.4, 0.5) is 0 Å². The fraction of sp³-hybridized carbons (Fsp3) is 0.0714. The molecular formula is C14H10BrN3O2. The Morgan fingerprint density at radius 3 is 2.60 bits per heavy atom. The second kappa shape index (κ2) is 5.42. The van der Waals surface area contributed by atoms with Crippen LogP contribution in [0, 0.1) is 0 Å². The molecule has 0 radical (unpaired) electrons. The van der Waals surface area contributed by atoms with Crippen molar-refractivity contribution >= 4 is 15.9 Å². The maximum absolute atomic E-state index is 5.27. The summed E-state index contributed by atoms with van der Waals surface area (Å²) in [6, 6.07) is 9.26. The summed E-state index contributed by atoms with van der Waals surface area (Å²) in [6.45, 7) is 0. The van der Waals surface area contributed by atoms with E-state index in [1.807, 2.05) is 30.3 Å². The monoisotopic (exact) mass is 331 g/mol. The van der Waals surface area contributed by atoms with Crippen LogP contribution in [0.5, 0.6) is 5.75 Å². The van der Waals surface area contributed by atoms with Crippen LogP contribution in [0.1, 0.15) is 0 Å². The van der Waals surface area contributed by atoms with Gasteiger partial charge in [-0.25, -0.2) is 0 Å². The van der Waals surface area contributed by atoms with E-state index in [0.717, 1.165) is 21.3 Å². The largest absolute Gasteiger partial charge is 0.496 e. The molecule has 0 atom stereocenters. The Balaban J connectivity index is 1.96. The van der Waals surface area contributed by atoms with Crippen molar-refractivity contribution in [3.8, 4) is 28.6 Å². The first-order valence-corrected chi connectivity index (χ1v) is 6.65.